The van der Waals surface area contributed by atoms with E-state index < -0.39 is 0 Å². The van der Waals surface area contributed by atoms with Gasteiger partial charge in [0.1, 0.15) is 11.6 Å². The third-order valence-electron chi connectivity index (χ3n) is 3.99. The Morgan fingerprint density at radius 1 is 1.23 bits per heavy atom. The Morgan fingerprint density at radius 3 is 2.73 bits per heavy atom. The highest BCUT2D eigenvalue weighted by molar-refractivity contribution is 6.31. The predicted octanol–water partition coefficient (Wildman–Crippen LogP) is 4.63. The zero-order chi connectivity index (χ0) is 18.7. The van der Waals surface area contributed by atoms with Crippen molar-refractivity contribution in [3.63, 3.8) is 0 Å². The fraction of sp³-hybridized carbons (Fsp3) is 0.100. The van der Waals surface area contributed by atoms with Crippen LogP contribution in [0.2, 0.25) is 5.02 Å². The van der Waals surface area contributed by atoms with Crippen molar-refractivity contribution < 1.29 is 14.3 Å². The first kappa shape index (κ1) is 17.6. The lowest BCUT2D eigenvalue weighted by atomic mass is 10.0. The van der Waals surface area contributed by atoms with Crippen molar-refractivity contribution in [2.45, 2.75) is 0 Å². The molecular weight excluding hydrogens is 352 g/mol. The van der Waals surface area contributed by atoms with Gasteiger partial charge in [-0.25, -0.2) is 0 Å². The van der Waals surface area contributed by atoms with Crippen molar-refractivity contribution in [3.8, 4) is 17.6 Å². The Labute approximate surface area is 155 Å². The second-order valence-electron chi connectivity index (χ2n) is 5.47. The molecule has 0 spiro atoms. The number of allylic oxidation sites excluding steroid dienone is 1. The predicted molar refractivity (Wildman–Crippen MR) is 101 cm³/mol. The zero-order valence-electron chi connectivity index (χ0n) is 14.2. The van der Waals surface area contributed by atoms with Crippen molar-refractivity contribution in [1.82, 2.24) is 4.98 Å². The van der Waals surface area contributed by atoms with Crippen molar-refractivity contribution in [2.24, 2.45) is 0 Å². The van der Waals surface area contributed by atoms with Crippen LogP contribution in [0.4, 0.5) is 0 Å². The van der Waals surface area contributed by atoms with Gasteiger partial charge in [0.25, 0.3) is 0 Å². The molecule has 0 radical (unpaired) electrons. The smallest absolute Gasteiger partial charge is 0.205 e. The van der Waals surface area contributed by atoms with Gasteiger partial charge in [0, 0.05) is 33.2 Å². The number of nitrogens with zero attached hydrogens (tertiary/aromatic N) is 1. The molecule has 6 heteroatoms. The number of benzene rings is 2. The summed E-state index contributed by atoms with van der Waals surface area (Å²) >= 11 is 5.97. The second kappa shape index (κ2) is 7.34. The molecule has 0 amide bonds. The van der Waals surface area contributed by atoms with E-state index in [9.17, 15) is 10.1 Å². The molecule has 3 rings (SSSR count). The van der Waals surface area contributed by atoms with Crippen molar-refractivity contribution in [3.05, 3.63) is 64.3 Å². The van der Waals surface area contributed by atoms with Gasteiger partial charge in [0.05, 0.1) is 14.2 Å². The lowest BCUT2D eigenvalue weighted by molar-refractivity contribution is 0.104. The van der Waals surface area contributed by atoms with E-state index in [2.05, 4.69) is 4.98 Å². The van der Waals surface area contributed by atoms with Crippen LogP contribution in [0, 0.1) is 11.3 Å². The van der Waals surface area contributed by atoms with Crippen molar-refractivity contribution >= 4 is 34.4 Å². The standard InChI is InChI=1S/C20H15ClN2O3/c1-25-18-5-3-4-12(20(18)26-2)8-13(10-22)19(24)16-11-23-17-9-14(21)6-7-15(16)17/h3-9,11,23H,1-2H3. The van der Waals surface area contributed by atoms with Crippen LogP contribution in [0.5, 0.6) is 11.5 Å². The molecule has 26 heavy (non-hydrogen) atoms. The van der Waals surface area contributed by atoms with Crippen LogP contribution in [-0.2, 0) is 0 Å². The number of H-pyrrole nitrogens is 1. The number of halogens is 1. The first-order valence-corrected chi connectivity index (χ1v) is 8.11. The highest BCUT2D eigenvalue weighted by atomic mass is 35.5. The number of methoxy groups -OCH3 is 2. The fourth-order valence-corrected chi connectivity index (χ4v) is 2.93. The summed E-state index contributed by atoms with van der Waals surface area (Å²) in [4.78, 5) is 15.9. The van der Waals surface area contributed by atoms with Gasteiger partial charge in [0.2, 0.25) is 5.78 Å². The number of rotatable bonds is 5. The first-order chi connectivity index (χ1) is 12.6. The average molecular weight is 367 g/mol. The number of carbonyl (C=O) groups is 1. The number of carbonyl (C=O) groups excluding carboxylic acids is 1. The number of aromatic nitrogens is 1. The van der Waals surface area contributed by atoms with Crippen LogP contribution in [0.15, 0.2) is 48.2 Å². The molecule has 0 bridgehead atoms. The van der Waals surface area contributed by atoms with Gasteiger partial charge in [0.15, 0.2) is 11.5 Å². The molecule has 0 aliphatic carbocycles. The van der Waals surface area contributed by atoms with E-state index in [1.807, 2.05) is 6.07 Å². The molecule has 0 aliphatic rings. The summed E-state index contributed by atoms with van der Waals surface area (Å²) in [7, 11) is 3.03. The number of fused-ring (bicyclic) bond motifs is 1. The van der Waals surface area contributed by atoms with E-state index >= 15 is 0 Å². The molecule has 0 unspecified atom stereocenters. The summed E-state index contributed by atoms with van der Waals surface area (Å²) in [5.74, 6) is 0.597. The molecule has 0 aliphatic heterocycles. The number of nitrogens with one attached hydrogen (secondary N) is 1. The Bertz CT molecular complexity index is 1060. The molecule has 1 aromatic heterocycles. The average Bonchev–Trinajstić information content (AvgIpc) is 3.07. The molecule has 0 saturated heterocycles. The number of aromatic amines is 1. The molecule has 5 nitrogen and oxygen atoms in total. The van der Waals surface area contributed by atoms with Crippen LogP contribution in [0.1, 0.15) is 15.9 Å². The van der Waals surface area contributed by atoms with Gasteiger partial charge < -0.3 is 14.5 Å². The van der Waals surface area contributed by atoms with E-state index in [-0.39, 0.29) is 11.4 Å². The number of ketones is 1. The number of Topliss-reactive ketones (excluding diaryl/α,β-unsaturated/α-hetero) is 1. The zero-order valence-corrected chi connectivity index (χ0v) is 14.9. The molecule has 130 valence electrons. The highest BCUT2D eigenvalue weighted by Gasteiger charge is 2.18. The quantitative estimate of drug-likeness (QED) is 0.406. The van der Waals surface area contributed by atoms with E-state index in [1.54, 1.807) is 42.6 Å². The summed E-state index contributed by atoms with van der Waals surface area (Å²) in [6.07, 6.45) is 3.08. The van der Waals surface area contributed by atoms with E-state index in [4.69, 9.17) is 21.1 Å². The lowest BCUT2D eigenvalue weighted by Gasteiger charge is -2.10. The molecule has 2 aromatic carbocycles. The summed E-state index contributed by atoms with van der Waals surface area (Å²) in [6, 6.07) is 12.4. The number of nitriles is 1. The van der Waals surface area contributed by atoms with Crippen LogP contribution >= 0.6 is 11.6 Å². The minimum absolute atomic E-state index is 0.00703. The topological polar surface area (TPSA) is 75.1 Å². The SMILES string of the molecule is COc1cccc(C=C(C#N)C(=O)c2c[nH]c3cc(Cl)ccc23)c1OC. The molecule has 0 saturated carbocycles. The first-order valence-electron chi connectivity index (χ1n) is 7.73. The summed E-state index contributed by atoms with van der Waals surface area (Å²) in [5, 5.41) is 10.8. The second-order valence-corrected chi connectivity index (χ2v) is 5.91. The Balaban J connectivity index is 2.07. The molecule has 0 atom stereocenters. The van der Waals surface area contributed by atoms with Crippen LogP contribution in [0.3, 0.4) is 0 Å². The van der Waals surface area contributed by atoms with Crippen LogP contribution in [0.25, 0.3) is 17.0 Å². The number of hydrogen-bond donors (Lipinski definition) is 1. The molecule has 3 aromatic rings. The minimum atomic E-state index is -0.383. The molecule has 1 N–H and O–H groups in total. The Hall–Kier alpha value is -3.23. The monoisotopic (exact) mass is 366 g/mol. The van der Waals surface area contributed by atoms with Crippen molar-refractivity contribution in [2.75, 3.05) is 14.2 Å². The third-order valence-corrected chi connectivity index (χ3v) is 4.22. The van der Waals surface area contributed by atoms with Gasteiger partial charge >= 0.3 is 0 Å². The number of hydrogen-bond acceptors (Lipinski definition) is 4. The molecule has 0 fully saturated rings. The van der Waals surface area contributed by atoms with E-state index in [0.717, 1.165) is 5.52 Å². The number of ether oxygens (including phenoxy) is 2. The number of para-hydroxylation sites is 1. The Morgan fingerprint density at radius 2 is 2.04 bits per heavy atom. The van der Waals surface area contributed by atoms with Crippen LogP contribution in [-0.4, -0.2) is 25.0 Å². The van der Waals surface area contributed by atoms with Gasteiger partial charge in [-0.05, 0) is 24.3 Å². The van der Waals surface area contributed by atoms with E-state index in [0.29, 0.717) is 33.0 Å². The maximum absolute atomic E-state index is 12.9. The molecular formula is C20H15ClN2O3. The molecule has 1 heterocycles. The highest BCUT2D eigenvalue weighted by Crippen LogP contribution is 2.33. The minimum Gasteiger partial charge on any atom is -0.493 e. The van der Waals surface area contributed by atoms with Crippen LogP contribution < -0.4 is 9.47 Å². The van der Waals surface area contributed by atoms with Gasteiger partial charge in [-0.3, -0.25) is 4.79 Å². The van der Waals surface area contributed by atoms with Gasteiger partial charge in [-0.15, -0.1) is 0 Å². The third kappa shape index (κ3) is 3.15. The Kier molecular flexibility index (Phi) is 4.97. The van der Waals surface area contributed by atoms with Crippen molar-refractivity contribution in [1.29, 1.82) is 5.26 Å². The normalized spacial score (nSPS) is 11.2. The fourth-order valence-electron chi connectivity index (χ4n) is 2.76. The largest absolute Gasteiger partial charge is 0.493 e. The lowest BCUT2D eigenvalue weighted by Crippen LogP contribution is -2.01. The maximum atomic E-state index is 12.9. The van der Waals surface area contributed by atoms with E-state index in [1.165, 1.54) is 20.3 Å². The summed E-state index contributed by atoms with van der Waals surface area (Å²) < 4.78 is 10.6. The summed E-state index contributed by atoms with van der Waals surface area (Å²) in [6.45, 7) is 0. The van der Waals surface area contributed by atoms with Gasteiger partial charge in [-0.2, -0.15) is 5.26 Å². The maximum Gasteiger partial charge on any atom is 0.205 e. The summed E-state index contributed by atoms with van der Waals surface area (Å²) in [5.41, 5.74) is 1.72. The van der Waals surface area contributed by atoms with Gasteiger partial charge in [-0.1, -0.05) is 29.8 Å².